The van der Waals surface area contributed by atoms with E-state index in [9.17, 15) is 44.8 Å². The SMILES string of the molecule is N#CC1(NC(=O)C(CS(=O)(=O)Cc2ccccc2OC(F)(F)F)NC(c2ccccc2)C(F)(F)F)CC1. The van der Waals surface area contributed by atoms with E-state index in [0.717, 1.165) is 24.3 Å². The van der Waals surface area contributed by atoms with E-state index < -0.39 is 68.7 Å². The number of hydrogen-bond donors (Lipinski definition) is 2. The number of carbonyl (C=O) groups is 1. The smallest absolute Gasteiger partial charge is 0.405 e. The summed E-state index contributed by atoms with van der Waals surface area (Å²) in [6.45, 7) is 0. The summed E-state index contributed by atoms with van der Waals surface area (Å²) in [5, 5.41) is 13.6. The number of para-hydroxylation sites is 1. The van der Waals surface area contributed by atoms with Crippen LogP contribution in [0.15, 0.2) is 54.6 Å². The van der Waals surface area contributed by atoms with Crippen molar-refractivity contribution in [1.82, 2.24) is 10.6 Å². The van der Waals surface area contributed by atoms with E-state index in [4.69, 9.17) is 0 Å². The molecule has 1 aliphatic carbocycles. The highest BCUT2D eigenvalue weighted by Gasteiger charge is 2.48. The Bertz CT molecular complexity index is 1260. The second-order valence-corrected chi connectivity index (χ2v) is 10.6. The molecule has 2 N–H and O–H groups in total. The van der Waals surface area contributed by atoms with Gasteiger partial charge in [-0.15, -0.1) is 13.2 Å². The van der Waals surface area contributed by atoms with Crippen molar-refractivity contribution in [1.29, 1.82) is 5.26 Å². The summed E-state index contributed by atoms with van der Waals surface area (Å²) in [6, 6.07) is 8.17. The van der Waals surface area contributed by atoms with Crippen molar-refractivity contribution in [3.8, 4) is 11.8 Å². The van der Waals surface area contributed by atoms with Crippen LogP contribution in [0.4, 0.5) is 26.3 Å². The Balaban J connectivity index is 1.90. The fraction of sp³-hybridized carbons (Fsp3) is 0.391. The molecule has 37 heavy (non-hydrogen) atoms. The van der Waals surface area contributed by atoms with Crippen LogP contribution >= 0.6 is 0 Å². The lowest BCUT2D eigenvalue weighted by Crippen LogP contribution is -2.54. The number of nitrogens with zero attached hydrogens (tertiary/aromatic N) is 1. The molecule has 1 amide bonds. The Morgan fingerprint density at radius 1 is 1.03 bits per heavy atom. The molecule has 2 aromatic rings. The molecule has 2 atom stereocenters. The van der Waals surface area contributed by atoms with Gasteiger partial charge in [0, 0.05) is 5.56 Å². The lowest BCUT2D eigenvalue weighted by Gasteiger charge is -2.28. The lowest BCUT2D eigenvalue weighted by molar-refractivity contribution is -0.274. The number of sulfone groups is 1. The number of benzene rings is 2. The Hall–Kier alpha value is -3.31. The van der Waals surface area contributed by atoms with Crippen LogP contribution in [-0.2, 0) is 20.4 Å². The van der Waals surface area contributed by atoms with Crippen LogP contribution in [0.5, 0.6) is 5.75 Å². The molecule has 7 nitrogen and oxygen atoms in total. The zero-order valence-electron chi connectivity index (χ0n) is 18.9. The highest BCUT2D eigenvalue weighted by Crippen LogP contribution is 2.36. The molecular formula is C23H21F6N3O4S. The van der Waals surface area contributed by atoms with Gasteiger partial charge in [-0.25, -0.2) is 8.42 Å². The molecule has 200 valence electrons. The summed E-state index contributed by atoms with van der Waals surface area (Å²) in [5.41, 5.74) is -2.00. The van der Waals surface area contributed by atoms with E-state index in [-0.39, 0.29) is 18.4 Å². The molecule has 1 saturated carbocycles. The minimum absolute atomic E-state index is 0.234. The fourth-order valence-corrected chi connectivity index (χ4v) is 5.12. The predicted molar refractivity (Wildman–Crippen MR) is 118 cm³/mol. The first-order valence-electron chi connectivity index (χ1n) is 10.8. The molecule has 0 radical (unpaired) electrons. The summed E-state index contributed by atoms with van der Waals surface area (Å²) in [4.78, 5) is 12.9. The number of rotatable bonds is 10. The average molecular weight is 549 g/mol. The molecule has 0 aliphatic heterocycles. The van der Waals surface area contributed by atoms with Crippen molar-refractivity contribution >= 4 is 15.7 Å². The normalized spacial score (nSPS) is 16.8. The van der Waals surface area contributed by atoms with Crippen LogP contribution in [0.3, 0.4) is 0 Å². The Labute approximate surface area is 208 Å². The highest BCUT2D eigenvalue weighted by atomic mass is 32.2. The molecule has 1 fully saturated rings. The van der Waals surface area contributed by atoms with Crippen LogP contribution in [0.1, 0.15) is 30.0 Å². The molecule has 1 aliphatic rings. The van der Waals surface area contributed by atoms with Crippen molar-refractivity contribution in [2.75, 3.05) is 5.75 Å². The minimum Gasteiger partial charge on any atom is -0.405 e. The van der Waals surface area contributed by atoms with Crippen molar-refractivity contribution in [3.63, 3.8) is 0 Å². The van der Waals surface area contributed by atoms with Crippen LogP contribution in [-0.4, -0.2) is 44.2 Å². The Morgan fingerprint density at radius 2 is 1.62 bits per heavy atom. The van der Waals surface area contributed by atoms with Gasteiger partial charge in [0.1, 0.15) is 23.4 Å². The van der Waals surface area contributed by atoms with E-state index in [1.807, 2.05) is 11.4 Å². The van der Waals surface area contributed by atoms with Gasteiger partial charge in [-0.2, -0.15) is 18.4 Å². The number of nitriles is 1. The monoisotopic (exact) mass is 549 g/mol. The van der Waals surface area contributed by atoms with Crippen molar-refractivity contribution in [3.05, 3.63) is 65.7 Å². The maximum atomic E-state index is 13.9. The Kier molecular flexibility index (Phi) is 8.09. The topological polar surface area (TPSA) is 108 Å². The molecule has 0 spiro atoms. The quantitative estimate of drug-likeness (QED) is 0.435. The number of hydrogen-bond acceptors (Lipinski definition) is 6. The van der Waals surface area contributed by atoms with Gasteiger partial charge in [0.25, 0.3) is 0 Å². The van der Waals surface area contributed by atoms with Gasteiger partial charge >= 0.3 is 12.5 Å². The fourth-order valence-electron chi connectivity index (χ4n) is 3.54. The summed E-state index contributed by atoms with van der Waals surface area (Å²) in [7, 11) is -4.49. The standard InChI is InChI=1S/C23H21F6N3O4S/c24-22(25,26)19(15-6-2-1-3-7-15)31-17(20(33)32-21(14-30)10-11-21)13-37(34,35)12-16-8-4-5-9-18(16)36-23(27,28)29/h1-9,17,19,31H,10-13H2,(H,32,33). The molecule has 0 bridgehead atoms. The number of ether oxygens (including phenoxy) is 1. The Morgan fingerprint density at radius 3 is 2.16 bits per heavy atom. The number of alkyl halides is 6. The molecule has 0 aromatic heterocycles. The molecular weight excluding hydrogens is 528 g/mol. The molecule has 14 heteroatoms. The first-order valence-corrected chi connectivity index (χ1v) is 12.6. The van der Waals surface area contributed by atoms with Gasteiger partial charge < -0.3 is 10.1 Å². The maximum Gasteiger partial charge on any atom is 0.573 e. The summed E-state index contributed by atoms with van der Waals surface area (Å²) < 4.78 is 110. The van der Waals surface area contributed by atoms with E-state index in [2.05, 4.69) is 10.1 Å². The largest absolute Gasteiger partial charge is 0.573 e. The van der Waals surface area contributed by atoms with E-state index in [1.165, 1.54) is 30.3 Å². The summed E-state index contributed by atoms with van der Waals surface area (Å²) >= 11 is 0. The van der Waals surface area contributed by atoms with E-state index in [0.29, 0.717) is 0 Å². The minimum atomic E-state index is -5.12. The average Bonchev–Trinajstić information content (AvgIpc) is 3.56. The van der Waals surface area contributed by atoms with Crippen molar-refractivity contribution < 1.29 is 44.3 Å². The lowest BCUT2D eigenvalue weighted by atomic mass is 10.1. The molecule has 0 saturated heterocycles. The van der Waals surface area contributed by atoms with Crippen LogP contribution < -0.4 is 15.4 Å². The van der Waals surface area contributed by atoms with Gasteiger partial charge in [0.05, 0.1) is 17.6 Å². The van der Waals surface area contributed by atoms with E-state index in [1.54, 1.807) is 0 Å². The van der Waals surface area contributed by atoms with Gasteiger partial charge in [-0.1, -0.05) is 48.5 Å². The molecule has 0 heterocycles. The predicted octanol–water partition coefficient (Wildman–Crippen LogP) is 3.93. The van der Waals surface area contributed by atoms with Gasteiger partial charge in [0.15, 0.2) is 9.84 Å². The number of halogens is 6. The van der Waals surface area contributed by atoms with Crippen LogP contribution in [0.2, 0.25) is 0 Å². The van der Waals surface area contributed by atoms with Gasteiger partial charge in [0.2, 0.25) is 5.91 Å². The second-order valence-electron chi connectivity index (χ2n) is 8.50. The number of amides is 1. The van der Waals surface area contributed by atoms with Crippen LogP contribution in [0, 0.1) is 11.3 Å². The first kappa shape index (κ1) is 28.3. The number of carbonyl (C=O) groups excluding carboxylic acids is 1. The van der Waals surface area contributed by atoms with Crippen molar-refractivity contribution in [2.24, 2.45) is 0 Å². The zero-order chi connectivity index (χ0) is 27.5. The third-order valence-electron chi connectivity index (χ3n) is 5.47. The molecule has 2 aromatic carbocycles. The number of nitrogens with one attached hydrogen (secondary N) is 2. The van der Waals surface area contributed by atoms with Gasteiger partial charge in [-0.05, 0) is 24.5 Å². The molecule has 3 rings (SSSR count). The van der Waals surface area contributed by atoms with Crippen LogP contribution in [0.25, 0.3) is 0 Å². The van der Waals surface area contributed by atoms with Crippen molar-refractivity contribution in [2.45, 2.75) is 48.8 Å². The maximum absolute atomic E-state index is 13.9. The summed E-state index contributed by atoms with van der Waals surface area (Å²) in [6.07, 6.45) is -9.59. The molecule has 2 unspecified atom stereocenters. The zero-order valence-corrected chi connectivity index (χ0v) is 19.8. The van der Waals surface area contributed by atoms with Gasteiger partial charge in [-0.3, -0.25) is 10.1 Å². The highest BCUT2D eigenvalue weighted by molar-refractivity contribution is 7.90. The summed E-state index contributed by atoms with van der Waals surface area (Å²) in [5.74, 6) is -4.20. The van der Waals surface area contributed by atoms with E-state index >= 15 is 0 Å². The third-order valence-corrected chi connectivity index (χ3v) is 7.06. The third kappa shape index (κ3) is 8.09. The second kappa shape index (κ2) is 10.6. The first-order chi connectivity index (χ1) is 17.1.